The average molecular weight is 217 g/mol. The van der Waals surface area contributed by atoms with Crippen LogP contribution in [0.4, 0.5) is 5.69 Å². The van der Waals surface area contributed by atoms with Gasteiger partial charge in [0, 0.05) is 18.8 Å². The van der Waals surface area contributed by atoms with E-state index in [9.17, 15) is 0 Å². The highest BCUT2D eigenvalue weighted by Gasteiger charge is 2.05. The summed E-state index contributed by atoms with van der Waals surface area (Å²) in [6.07, 6.45) is 4.32. The van der Waals surface area contributed by atoms with Gasteiger partial charge >= 0.3 is 0 Å². The summed E-state index contributed by atoms with van der Waals surface area (Å²) < 4.78 is 0. The van der Waals surface area contributed by atoms with Crippen molar-refractivity contribution >= 4 is 11.8 Å². The fourth-order valence-corrected chi connectivity index (χ4v) is 1.95. The molecule has 1 rings (SSSR count). The van der Waals surface area contributed by atoms with Gasteiger partial charge in [-0.2, -0.15) is 0 Å². The van der Waals surface area contributed by atoms with Gasteiger partial charge in [0.1, 0.15) is 0 Å². The highest BCUT2D eigenvalue weighted by molar-refractivity contribution is 5.60. The van der Waals surface area contributed by atoms with E-state index >= 15 is 0 Å². The number of anilines is 1. The molecule has 1 aromatic rings. The van der Waals surface area contributed by atoms with Crippen molar-refractivity contribution in [3.63, 3.8) is 0 Å². The van der Waals surface area contributed by atoms with Crippen LogP contribution in [-0.4, -0.2) is 13.1 Å². The molecule has 0 aliphatic heterocycles. The predicted molar refractivity (Wildman–Crippen MR) is 74.1 cm³/mol. The summed E-state index contributed by atoms with van der Waals surface area (Å²) in [4.78, 5) is 2.45. The van der Waals surface area contributed by atoms with Crippen LogP contribution in [0.15, 0.2) is 24.8 Å². The van der Waals surface area contributed by atoms with Gasteiger partial charge in [-0.1, -0.05) is 32.6 Å². The Balaban J connectivity index is 2.95. The Morgan fingerprint density at radius 2 is 1.81 bits per heavy atom. The summed E-state index contributed by atoms with van der Waals surface area (Å²) >= 11 is 0. The molecular formula is C15H23N. The first-order chi connectivity index (χ1) is 7.72. The van der Waals surface area contributed by atoms with Crippen LogP contribution < -0.4 is 4.90 Å². The minimum absolute atomic E-state index is 1.13. The standard InChI is InChI=1S/C15H23N/c1-5-10-16(11-6-2)15-9-8-13(4)14(7-3)12-15/h7-9,12H,3,5-6,10-11H2,1-2,4H3. The highest BCUT2D eigenvalue weighted by Crippen LogP contribution is 2.20. The fourth-order valence-electron chi connectivity index (χ4n) is 1.95. The van der Waals surface area contributed by atoms with Gasteiger partial charge in [-0.25, -0.2) is 0 Å². The monoisotopic (exact) mass is 217 g/mol. The molecule has 1 nitrogen and oxygen atoms in total. The molecule has 1 heteroatoms. The summed E-state index contributed by atoms with van der Waals surface area (Å²) in [5.41, 5.74) is 3.87. The second kappa shape index (κ2) is 6.37. The van der Waals surface area contributed by atoms with Gasteiger partial charge in [0.05, 0.1) is 0 Å². The molecule has 0 aliphatic rings. The molecule has 0 unspecified atom stereocenters. The third-order valence-electron chi connectivity index (χ3n) is 2.83. The molecule has 0 radical (unpaired) electrons. The Hall–Kier alpha value is -1.24. The smallest absolute Gasteiger partial charge is 0.0372 e. The van der Waals surface area contributed by atoms with Crippen LogP contribution >= 0.6 is 0 Å². The minimum atomic E-state index is 1.13. The summed E-state index contributed by atoms with van der Waals surface area (Å²) in [6, 6.07) is 6.64. The Labute approximate surface area is 99.8 Å². The van der Waals surface area contributed by atoms with Gasteiger partial charge in [-0.05, 0) is 43.0 Å². The first-order valence-corrected chi connectivity index (χ1v) is 6.21. The van der Waals surface area contributed by atoms with Crippen molar-refractivity contribution in [1.29, 1.82) is 0 Å². The van der Waals surface area contributed by atoms with Crippen LogP contribution in [0.2, 0.25) is 0 Å². The number of rotatable bonds is 6. The van der Waals surface area contributed by atoms with Crippen LogP contribution in [0.3, 0.4) is 0 Å². The molecule has 0 saturated heterocycles. The number of nitrogens with zero attached hydrogens (tertiary/aromatic N) is 1. The molecule has 0 amide bonds. The second-order valence-electron chi connectivity index (χ2n) is 4.23. The van der Waals surface area contributed by atoms with Crippen LogP contribution in [0.5, 0.6) is 0 Å². The molecule has 0 heterocycles. The number of hydrogen-bond donors (Lipinski definition) is 0. The van der Waals surface area contributed by atoms with E-state index < -0.39 is 0 Å². The lowest BCUT2D eigenvalue weighted by atomic mass is 10.1. The van der Waals surface area contributed by atoms with Crippen molar-refractivity contribution in [1.82, 2.24) is 0 Å². The van der Waals surface area contributed by atoms with E-state index in [0.29, 0.717) is 0 Å². The zero-order valence-electron chi connectivity index (χ0n) is 10.8. The Kier molecular flexibility index (Phi) is 5.10. The molecule has 88 valence electrons. The number of benzene rings is 1. The molecule has 1 aromatic carbocycles. The van der Waals surface area contributed by atoms with E-state index in [2.05, 4.69) is 50.4 Å². The third kappa shape index (κ3) is 3.13. The number of aryl methyl sites for hydroxylation is 1. The molecule has 0 saturated carbocycles. The first-order valence-electron chi connectivity index (χ1n) is 6.21. The normalized spacial score (nSPS) is 10.2. The summed E-state index contributed by atoms with van der Waals surface area (Å²) in [5.74, 6) is 0. The quantitative estimate of drug-likeness (QED) is 0.688. The maximum Gasteiger partial charge on any atom is 0.0372 e. The van der Waals surface area contributed by atoms with Gasteiger partial charge < -0.3 is 4.90 Å². The largest absolute Gasteiger partial charge is 0.372 e. The third-order valence-corrected chi connectivity index (χ3v) is 2.83. The highest BCUT2D eigenvalue weighted by atomic mass is 15.1. The average Bonchev–Trinajstić information content (AvgIpc) is 2.29. The van der Waals surface area contributed by atoms with Crippen molar-refractivity contribution in [3.8, 4) is 0 Å². The van der Waals surface area contributed by atoms with Gasteiger partial charge in [0.15, 0.2) is 0 Å². The van der Waals surface area contributed by atoms with Crippen molar-refractivity contribution in [2.24, 2.45) is 0 Å². The van der Waals surface area contributed by atoms with Crippen molar-refractivity contribution in [2.45, 2.75) is 33.6 Å². The van der Waals surface area contributed by atoms with Crippen molar-refractivity contribution in [3.05, 3.63) is 35.9 Å². The molecule has 0 spiro atoms. The summed E-state index contributed by atoms with van der Waals surface area (Å²) in [5, 5.41) is 0. The summed E-state index contributed by atoms with van der Waals surface area (Å²) in [7, 11) is 0. The molecule has 0 aliphatic carbocycles. The molecule has 16 heavy (non-hydrogen) atoms. The molecular weight excluding hydrogens is 194 g/mol. The lowest BCUT2D eigenvalue weighted by Gasteiger charge is -2.24. The van der Waals surface area contributed by atoms with Crippen LogP contribution in [0.1, 0.15) is 37.8 Å². The molecule has 0 N–H and O–H groups in total. The van der Waals surface area contributed by atoms with Gasteiger partial charge in [-0.3, -0.25) is 0 Å². The maximum atomic E-state index is 3.87. The van der Waals surface area contributed by atoms with Gasteiger partial charge in [0.2, 0.25) is 0 Å². The topological polar surface area (TPSA) is 3.24 Å². The van der Waals surface area contributed by atoms with Crippen molar-refractivity contribution < 1.29 is 0 Å². The predicted octanol–water partition coefficient (Wildman–Crippen LogP) is 4.26. The van der Waals surface area contributed by atoms with E-state index in [1.807, 2.05) is 6.08 Å². The second-order valence-corrected chi connectivity index (χ2v) is 4.23. The number of hydrogen-bond acceptors (Lipinski definition) is 1. The maximum absolute atomic E-state index is 3.87. The van der Waals surface area contributed by atoms with Crippen LogP contribution in [0.25, 0.3) is 6.08 Å². The molecule has 0 aromatic heterocycles. The van der Waals surface area contributed by atoms with E-state index in [1.54, 1.807) is 0 Å². The van der Waals surface area contributed by atoms with Crippen LogP contribution in [-0.2, 0) is 0 Å². The Morgan fingerprint density at radius 3 is 2.31 bits per heavy atom. The van der Waals surface area contributed by atoms with Gasteiger partial charge in [0.25, 0.3) is 0 Å². The van der Waals surface area contributed by atoms with E-state index in [-0.39, 0.29) is 0 Å². The SMILES string of the molecule is C=Cc1cc(N(CCC)CCC)ccc1C. The Morgan fingerprint density at radius 1 is 1.19 bits per heavy atom. The lowest BCUT2D eigenvalue weighted by molar-refractivity contribution is 0.745. The zero-order chi connectivity index (χ0) is 12.0. The summed E-state index contributed by atoms with van der Waals surface area (Å²) in [6.45, 7) is 12.7. The Bertz CT molecular complexity index is 335. The van der Waals surface area contributed by atoms with Crippen molar-refractivity contribution in [2.75, 3.05) is 18.0 Å². The van der Waals surface area contributed by atoms with Gasteiger partial charge in [-0.15, -0.1) is 0 Å². The van der Waals surface area contributed by atoms with Crippen LogP contribution in [0, 0.1) is 6.92 Å². The fraction of sp³-hybridized carbons (Fsp3) is 0.467. The zero-order valence-corrected chi connectivity index (χ0v) is 10.8. The minimum Gasteiger partial charge on any atom is -0.372 e. The molecule has 0 fully saturated rings. The lowest BCUT2D eigenvalue weighted by Crippen LogP contribution is -2.24. The van der Waals surface area contributed by atoms with E-state index in [1.165, 1.54) is 29.7 Å². The molecule has 0 atom stereocenters. The van der Waals surface area contributed by atoms with E-state index in [4.69, 9.17) is 0 Å². The molecule has 0 bridgehead atoms. The van der Waals surface area contributed by atoms with E-state index in [0.717, 1.165) is 13.1 Å². The first kappa shape index (κ1) is 12.8.